The number of ether oxygens (including phenoxy) is 2. The molecule has 1 aromatic rings. The maximum atomic E-state index is 12.7. The molecular weight excluding hydrogens is 366 g/mol. The molecule has 9 nitrogen and oxygen atoms in total. The van der Waals surface area contributed by atoms with Gasteiger partial charge in [0.2, 0.25) is 5.91 Å². The number of primary amides is 1. The lowest BCUT2D eigenvalue weighted by Gasteiger charge is -2.43. The summed E-state index contributed by atoms with van der Waals surface area (Å²) in [4.78, 5) is 38.9. The van der Waals surface area contributed by atoms with E-state index in [1.165, 1.54) is 4.90 Å². The van der Waals surface area contributed by atoms with Crippen molar-refractivity contribution in [2.24, 2.45) is 11.7 Å². The lowest BCUT2D eigenvalue weighted by atomic mass is 9.97. The van der Waals surface area contributed by atoms with Gasteiger partial charge in [0, 0.05) is 57.4 Å². The summed E-state index contributed by atoms with van der Waals surface area (Å²) in [6.45, 7) is 1.81. The van der Waals surface area contributed by atoms with Crippen molar-refractivity contribution in [3.05, 3.63) is 29.3 Å². The summed E-state index contributed by atoms with van der Waals surface area (Å²) >= 11 is 0. The Balaban J connectivity index is 1.70. The monoisotopic (exact) mass is 391 g/mol. The lowest BCUT2D eigenvalue weighted by Crippen LogP contribution is -2.53. The van der Waals surface area contributed by atoms with Crippen molar-refractivity contribution in [3.8, 4) is 0 Å². The molecule has 0 bridgehead atoms. The number of carbonyl (C=O) groups excluding carboxylic acids is 2. The molecule has 2 aliphatic rings. The van der Waals surface area contributed by atoms with Crippen LogP contribution in [0.1, 0.15) is 28.8 Å². The quantitative estimate of drug-likeness (QED) is 0.585. The fourth-order valence-corrected chi connectivity index (χ4v) is 3.87. The number of hydrogen-bond acceptors (Lipinski definition) is 6. The number of methoxy groups -OCH3 is 2. The summed E-state index contributed by atoms with van der Waals surface area (Å²) in [5, 5.41) is 8.87. The van der Waals surface area contributed by atoms with E-state index >= 15 is 0 Å². The third kappa shape index (κ3) is 3.81. The summed E-state index contributed by atoms with van der Waals surface area (Å²) in [6.07, 6.45) is -0.470. The van der Waals surface area contributed by atoms with Gasteiger partial charge in [-0.15, -0.1) is 0 Å². The van der Waals surface area contributed by atoms with Gasteiger partial charge in [-0.25, -0.2) is 0 Å². The van der Waals surface area contributed by atoms with Gasteiger partial charge in [-0.2, -0.15) is 0 Å². The second-order valence-corrected chi connectivity index (χ2v) is 7.13. The normalized spacial score (nSPS) is 17.6. The average Bonchev–Trinajstić information content (AvgIpc) is 2.93. The SMILES string of the molecule is COC(OC)C1CN(c2ccc3c(c2)CN(C(CCC(=O)O)C(N)=O)C3=O)C1. The number of amides is 2. The molecule has 0 saturated carbocycles. The van der Waals surface area contributed by atoms with E-state index in [0.717, 1.165) is 24.3 Å². The molecule has 3 N–H and O–H groups in total. The van der Waals surface area contributed by atoms with Crippen LogP contribution in [0.2, 0.25) is 0 Å². The maximum absolute atomic E-state index is 12.7. The number of carboxylic acid groups (broad SMARTS) is 1. The highest BCUT2D eigenvalue weighted by atomic mass is 16.7. The Morgan fingerprint density at radius 1 is 1.29 bits per heavy atom. The highest BCUT2D eigenvalue weighted by Crippen LogP contribution is 2.33. The van der Waals surface area contributed by atoms with Gasteiger partial charge in [0.1, 0.15) is 6.04 Å². The molecular formula is C19H25N3O6. The molecule has 1 aromatic carbocycles. The predicted octanol–water partition coefficient (Wildman–Crippen LogP) is 0.416. The van der Waals surface area contributed by atoms with E-state index in [4.69, 9.17) is 20.3 Å². The zero-order valence-corrected chi connectivity index (χ0v) is 16.0. The molecule has 1 unspecified atom stereocenters. The first-order valence-electron chi connectivity index (χ1n) is 9.11. The number of fused-ring (bicyclic) bond motifs is 1. The molecule has 3 rings (SSSR count). The molecule has 1 atom stereocenters. The molecule has 1 saturated heterocycles. The van der Waals surface area contributed by atoms with Crippen LogP contribution < -0.4 is 10.6 Å². The van der Waals surface area contributed by atoms with Crippen LogP contribution in [-0.4, -0.2) is 67.4 Å². The lowest BCUT2D eigenvalue weighted by molar-refractivity contribution is -0.142. The van der Waals surface area contributed by atoms with E-state index in [9.17, 15) is 14.4 Å². The Morgan fingerprint density at radius 3 is 2.54 bits per heavy atom. The minimum atomic E-state index is -1.03. The molecule has 2 aliphatic heterocycles. The molecule has 2 amide bonds. The first-order chi connectivity index (χ1) is 13.3. The number of carboxylic acids is 1. The number of nitrogens with zero attached hydrogens (tertiary/aromatic N) is 2. The van der Waals surface area contributed by atoms with Gasteiger partial charge in [0.25, 0.3) is 5.91 Å². The predicted molar refractivity (Wildman–Crippen MR) is 99.7 cm³/mol. The van der Waals surface area contributed by atoms with Gasteiger partial charge in [0.15, 0.2) is 6.29 Å². The highest BCUT2D eigenvalue weighted by molar-refractivity contribution is 6.01. The first kappa shape index (κ1) is 20.1. The smallest absolute Gasteiger partial charge is 0.303 e. The number of nitrogens with two attached hydrogens (primary N) is 1. The molecule has 0 radical (unpaired) electrons. The Kier molecular flexibility index (Phi) is 5.85. The van der Waals surface area contributed by atoms with Crippen LogP contribution in [0.3, 0.4) is 0 Å². The summed E-state index contributed by atoms with van der Waals surface area (Å²) in [6, 6.07) is 4.63. The topological polar surface area (TPSA) is 122 Å². The second kappa shape index (κ2) is 8.15. The van der Waals surface area contributed by atoms with Gasteiger partial charge in [-0.1, -0.05) is 0 Å². The van der Waals surface area contributed by atoms with E-state index < -0.39 is 17.9 Å². The minimum absolute atomic E-state index is 0.000477. The van der Waals surface area contributed by atoms with Crippen LogP contribution in [0.4, 0.5) is 5.69 Å². The van der Waals surface area contributed by atoms with Gasteiger partial charge >= 0.3 is 5.97 Å². The third-order valence-corrected chi connectivity index (χ3v) is 5.38. The number of benzene rings is 1. The fourth-order valence-electron chi connectivity index (χ4n) is 3.87. The molecule has 0 spiro atoms. The van der Waals surface area contributed by atoms with Crippen molar-refractivity contribution >= 4 is 23.5 Å². The molecule has 2 heterocycles. The minimum Gasteiger partial charge on any atom is -0.481 e. The summed E-state index contributed by atoms with van der Waals surface area (Å²) in [5.41, 5.74) is 7.73. The molecule has 0 aromatic heterocycles. The number of carbonyl (C=O) groups is 3. The molecule has 0 aliphatic carbocycles. The highest BCUT2D eigenvalue weighted by Gasteiger charge is 2.38. The van der Waals surface area contributed by atoms with Gasteiger partial charge in [0.05, 0.1) is 0 Å². The zero-order valence-electron chi connectivity index (χ0n) is 16.0. The Bertz CT molecular complexity index is 773. The summed E-state index contributed by atoms with van der Waals surface area (Å²) in [7, 11) is 3.23. The van der Waals surface area contributed by atoms with Crippen LogP contribution in [0.15, 0.2) is 18.2 Å². The van der Waals surface area contributed by atoms with E-state index in [1.54, 1.807) is 20.3 Å². The number of hydrogen-bond donors (Lipinski definition) is 2. The van der Waals surface area contributed by atoms with E-state index in [0.29, 0.717) is 5.56 Å². The van der Waals surface area contributed by atoms with Gasteiger partial charge in [-0.05, 0) is 30.2 Å². The van der Waals surface area contributed by atoms with Crippen LogP contribution in [0.5, 0.6) is 0 Å². The first-order valence-corrected chi connectivity index (χ1v) is 9.11. The van der Waals surface area contributed by atoms with Crippen LogP contribution in [0, 0.1) is 5.92 Å². The molecule has 28 heavy (non-hydrogen) atoms. The average molecular weight is 391 g/mol. The standard InChI is InChI=1S/C19H25N3O6/c1-27-19(28-2)12-8-21(9-12)13-3-4-14-11(7-13)10-22(18(14)26)15(17(20)25)5-6-16(23)24/h3-4,7,12,15,19H,5-6,8-10H2,1-2H3,(H2,20,25)(H,23,24). The van der Waals surface area contributed by atoms with Crippen LogP contribution in [-0.2, 0) is 25.6 Å². The Morgan fingerprint density at radius 2 is 1.96 bits per heavy atom. The fraction of sp³-hybridized carbons (Fsp3) is 0.526. The Labute approximate surface area is 163 Å². The Hall–Kier alpha value is -2.65. The van der Waals surface area contributed by atoms with Crippen molar-refractivity contribution in [3.63, 3.8) is 0 Å². The van der Waals surface area contributed by atoms with Crippen molar-refractivity contribution in [1.82, 2.24) is 4.90 Å². The number of aliphatic carboxylic acids is 1. The van der Waals surface area contributed by atoms with Gasteiger partial charge < -0.3 is 30.1 Å². The van der Waals surface area contributed by atoms with Gasteiger partial charge in [-0.3, -0.25) is 14.4 Å². The number of rotatable bonds is 9. The largest absolute Gasteiger partial charge is 0.481 e. The van der Waals surface area contributed by atoms with Crippen molar-refractivity contribution < 1.29 is 29.0 Å². The molecule has 1 fully saturated rings. The summed E-state index contributed by atoms with van der Waals surface area (Å²) < 4.78 is 10.6. The van der Waals surface area contributed by atoms with E-state index in [-0.39, 0.29) is 37.5 Å². The third-order valence-electron chi connectivity index (χ3n) is 5.38. The number of anilines is 1. The van der Waals surface area contributed by atoms with Crippen molar-refractivity contribution in [2.75, 3.05) is 32.2 Å². The maximum Gasteiger partial charge on any atom is 0.303 e. The van der Waals surface area contributed by atoms with Crippen molar-refractivity contribution in [2.45, 2.75) is 31.7 Å². The van der Waals surface area contributed by atoms with E-state index in [1.807, 2.05) is 12.1 Å². The molecule has 152 valence electrons. The zero-order chi connectivity index (χ0) is 20.4. The van der Waals surface area contributed by atoms with Crippen molar-refractivity contribution in [1.29, 1.82) is 0 Å². The van der Waals surface area contributed by atoms with Crippen LogP contribution in [0.25, 0.3) is 0 Å². The van der Waals surface area contributed by atoms with Crippen LogP contribution >= 0.6 is 0 Å². The second-order valence-electron chi connectivity index (χ2n) is 7.13. The van der Waals surface area contributed by atoms with E-state index in [2.05, 4.69) is 4.90 Å². The summed E-state index contributed by atoms with van der Waals surface area (Å²) in [5.74, 6) is -1.75. The molecule has 9 heteroatoms.